The van der Waals surface area contributed by atoms with Gasteiger partial charge in [0.1, 0.15) is 0 Å². The molecule has 2 rings (SSSR count). The van der Waals surface area contributed by atoms with Gasteiger partial charge in [0, 0.05) is 38.6 Å². The minimum atomic E-state index is 0.374. The lowest BCUT2D eigenvalue weighted by molar-refractivity contribution is 0.0216. The van der Waals surface area contributed by atoms with Crippen molar-refractivity contribution < 1.29 is 4.74 Å². The van der Waals surface area contributed by atoms with E-state index in [0.717, 1.165) is 31.9 Å². The van der Waals surface area contributed by atoms with E-state index in [9.17, 15) is 0 Å². The SMILES string of the molecule is CC(C)CNCc1cc(N(C)CC2CCCCO2)ccn1. The van der Waals surface area contributed by atoms with Crippen molar-refractivity contribution in [3.63, 3.8) is 0 Å². The molecule has 4 heteroatoms. The summed E-state index contributed by atoms with van der Waals surface area (Å²) in [6.45, 7) is 8.17. The van der Waals surface area contributed by atoms with Gasteiger partial charge in [0.25, 0.3) is 0 Å². The number of hydrogen-bond acceptors (Lipinski definition) is 4. The maximum Gasteiger partial charge on any atom is 0.0749 e. The van der Waals surface area contributed by atoms with Crippen LogP contribution in [0.4, 0.5) is 5.69 Å². The van der Waals surface area contributed by atoms with Crippen LogP contribution in [-0.4, -0.2) is 37.8 Å². The van der Waals surface area contributed by atoms with Crippen molar-refractivity contribution in [2.24, 2.45) is 5.92 Å². The highest BCUT2D eigenvalue weighted by Crippen LogP contribution is 2.18. The first-order valence-electron chi connectivity index (χ1n) is 8.13. The van der Waals surface area contributed by atoms with Gasteiger partial charge in [-0.1, -0.05) is 13.8 Å². The lowest BCUT2D eigenvalue weighted by Gasteiger charge is -2.28. The first-order chi connectivity index (χ1) is 10.1. The molecule has 1 aliphatic rings. The fourth-order valence-electron chi connectivity index (χ4n) is 2.65. The smallest absolute Gasteiger partial charge is 0.0749 e. The molecule has 1 atom stereocenters. The molecular weight excluding hydrogens is 262 g/mol. The summed E-state index contributed by atoms with van der Waals surface area (Å²) in [5.74, 6) is 0.666. The third-order valence-corrected chi connectivity index (χ3v) is 3.85. The molecule has 0 aromatic carbocycles. The number of hydrogen-bond donors (Lipinski definition) is 1. The fourth-order valence-corrected chi connectivity index (χ4v) is 2.65. The average molecular weight is 291 g/mol. The van der Waals surface area contributed by atoms with Crippen LogP contribution in [-0.2, 0) is 11.3 Å². The Kier molecular flexibility index (Phi) is 6.46. The maximum atomic E-state index is 5.82. The largest absolute Gasteiger partial charge is 0.376 e. The maximum absolute atomic E-state index is 5.82. The molecule has 4 nitrogen and oxygen atoms in total. The molecule has 1 fully saturated rings. The topological polar surface area (TPSA) is 37.4 Å². The van der Waals surface area contributed by atoms with Gasteiger partial charge >= 0.3 is 0 Å². The van der Waals surface area contributed by atoms with Gasteiger partial charge in [-0.2, -0.15) is 0 Å². The Balaban J connectivity index is 1.86. The zero-order chi connectivity index (χ0) is 15.1. The molecule has 1 saturated heterocycles. The van der Waals surface area contributed by atoms with Crippen LogP contribution in [0.15, 0.2) is 18.3 Å². The van der Waals surface area contributed by atoms with E-state index in [-0.39, 0.29) is 0 Å². The van der Waals surface area contributed by atoms with Crippen molar-refractivity contribution in [1.82, 2.24) is 10.3 Å². The Hall–Kier alpha value is -1.13. The second kappa shape index (κ2) is 8.35. The zero-order valence-electron chi connectivity index (χ0n) is 13.6. The minimum absolute atomic E-state index is 0.374. The molecule has 0 radical (unpaired) electrons. The van der Waals surface area contributed by atoms with Crippen LogP contribution in [0.2, 0.25) is 0 Å². The quantitative estimate of drug-likeness (QED) is 0.838. The predicted molar refractivity (Wildman–Crippen MR) is 87.6 cm³/mol. The van der Waals surface area contributed by atoms with Gasteiger partial charge in [-0.25, -0.2) is 0 Å². The first-order valence-corrected chi connectivity index (χ1v) is 8.13. The van der Waals surface area contributed by atoms with Gasteiger partial charge in [-0.05, 0) is 43.9 Å². The summed E-state index contributed by atoms with van der Waals surface area (Å²) >= 11 is 0. The van der Waals surface area contributed by atoms with Gasteiger partial charge in [0.05, 0.1) is 11.8 Å². The molecule has 1 aromatic heterocycles. The molecule has 0 bridgehead atoms. The number of ether oxygens (including phenoxy) is 1. The second-order valence-corrected chi connectivity index (χ2v) is 6.40. The molecule has 118 valence electrons. The molecule has 0 spiro atoms. The molecule has 21 heavy (non-hydrogen) atoms. The Morgan fingerprint density at radius 1 is 1.43 bits per heavy atom. The van der Waals surface area contributed by atoms with Crippen LogP contribution in [0.1, 0.15) is 38.8 Å². The number of likely N-dealkylation sites (N-methyl/N-ethyl adjacent to an activating group) is 1. The highest BCUT2D eigenvalue weighted by Gasteiger charge is 2.16. The van der Waals surface area contributed by atoms with Crippen molar-refractivity contribution in [3.05, 3.63) is 24.0 Å². The van der Waals surface area contributed by atoms with E-state index in [1.807, 2.05) is 6.20 Å². The third-order valence-electron chi connectivity index (χ3n) is 3.85. The summed E-state index contributed by atoms with van der Waals surface area (Å²) < 4.78 is 5.82. The van der Waals surface area contributed by atoms with E-state index < -0.39 is 0 Å². The lowest BCUT2D eigenvalue weighted by atomic mass is 10.1. The minimum Gasteiger partial charge on any atom is -0.376 e. The Labute approximate surface area is 128 Å². The Morgan fingerprint density at radius 3 is 3.00 bits per heavy atom. The number of anilines is 1. The summed E-state index contributed by atoms with van der Waals surface area (Å²) in [5.41, 5.74) is 2.32. The molecule has 1 aliphatic heterocycles. The monoisotopic (exact) mass is 291 g/mol. The molecular formula is C17H29N3O. The zero-order valence-corrected chi connectivity index (χ0v) is 13.6. The van der Waals surface area contributed by atoms with Crippen LogP contribution >= 0.6 is 0 Å². The number of nitrogens with zero attached hydrogens (tertiary/aromatic N) is 2. The lowest BCUT2D eigenvalue weighted by Crippen LogP contribution is -2.33. The Bertz CT molecular complexity index is 416. The summed E-state index contributed by atoms with van der Waals surface area (Å²) in [5, 5.41) is 3.44. The average Bonchev–Trinajstić information content (AvgIpc) is 2.48. The normalized spacial score (nSPS) is 19.0. The van der Waals surface area contributed by atoms with E-state index in [2.05, 4.69) is 48.2 Å². The van der Waals surface area contributed by atoms with Crippen LogP contribution in [0.5, 0.6) is 0 Å². The summed E-state index contributed by atoms with van der Waals surface area (Å²) in [6, 6.07) is 4.25. The second-order valence-electron chi connectivity index (χ2n) is 6.40. The first kappa shape index (κ1) is 16.2. The summed E-state index contributed by atoms with van der Waals surface area (Å²) in [6.07, 6.45) is 5.96. The van der Waals surface area contributed by atoms with Crippen LogP contribution < -0.4 is 10.2 Å². The van der Waals surface area contributed by atoms with Crippen molar-refractivity contribution in [3.8, 4) is 0 Å². The summed E-state index contributed by atoms with van der Waals surface area (Å²) in [4.78, 5) is 6.73. The van der Waals surface area contributed by atoms with Gasteiger partial charge in [-0.3, -0.25) is 4.98 Å². The number of aromatic nitrogens is 1. The molecule has 0 aliphatic carbocycles. The molecule has 0 saturated carbocycles. The van der Waals surface area contributed by atoms with E-state index in [1.54, 1.807) is 0 Å². The van der Waals surface area contributed by atoms with Gasteiger partial charge in [0.2, 0.25) is 0 Å². The molecule has 0 amide bonds. The van der Waals surface area contributed by atoms with Crippen molar-refractivity contribution >= 4 is 5.69 Å². The molecule has 1 unspecified atom stereocenters. The van der Waals surface area contributed by atoms with Crippen molar-refractivity contribution in [1.29, 1.82) is 0 Å². The van der Waals surface area contributed by atoms with Gasteiger partial charge < -0.3 is 15.0 Å². The van der Waals surface area contributed by atoms with Crippen molar-refractivity contribution in [2.75, 3.05) is 31.6 Å². The molecule has 1 aromatic rings. The number of nitrogens with one attached hydrogen (secondary N) is 1. The third kappa shape index (κ3) is 5.64. The predicted octanol–water partition coefficient (Wildman–Crippen LogP) is 2.83. The standard InChI is InChI=1S/C17H29N3O/c1-14(2)11-18-12-15-10-16(7-8-19-15)20(3)13-17-6-4-5-9-21-17/h7-8,10,14,17-18H,4-6,9,11-13H2,1-3H3. The highest BCUT2D eigenvalue weighted by atomic mass is 16.5. The molecule has 2 heterocycles. The number of rotatable bonds is 7. The Morgan fingerprint density at radius 2 is 2.29 bits per heavy atom. The fraction of sp³-hybridized carbons (Fsp3) is 0.706. The van der Waals surface area contributed by atoms with Gasteiger partial charge in [-0.15, -0.1) is 0 Å². The van der Waals surface area contributed by atoms with E-state index in [0.29, 0.717) is 12.0 Å². The van der Waals surface area contributed by atoms with E-state index >= 15 is 0 Å². The van der Waals surface area contributed by atoms with Crippen LogP contribution in [0, 0.1) is 5.92 Å². The van der Waals surface area contributed by atoms with E-state index in [1.165, 1.54) is 24.9 Å². The van der Waals surface area contributed by atoms with Gasteiger partial charge in [0.15, 0.2) is 0 Å². The van der Waals surface area contributed by atoms with Crippen LogP contribution in [0.25, 0.3) is 0 Å². The van der Waals surface area contributed by atoms with E-state index in [4.69, 9.17) is 4.74 Å². The molecule has 1 N–H and O–H groups in total. The highest BCUT2D eigenvalue weighted by molar-refractivity contribution is 5.45. The summed E-state index contributed by atoms with van der Waals surface area (Å²) in [7, 11) is 2.14. The van der Waals surface area contributed by atoms with Crippen LogP contribution in [0.3, 0.4) is 0 Å². The van der Waals surface area contributed by atoms with Crippen molar-refractivity contribution in [2.45, 2.75) is 45.8 Å². The number of pyridine rings is 1.